The molecule has 2 N–H and O–H groups in total. The molecule has 82 valence electrons. The molecular weight excluding hydrogens is 218 g/mol. The molecular formula is C9H11NO4S. The maximum absolute atomic E-state index is 11.0. The Morgan fingerprint density at radius 3 is 2.93 bits per heavy atom. The van der Waals surface area contributed by atoms with Crippen molar-refractivity contribution in [3.8, 4) is 5.75 Å². The number of amides is 1. The number of ether oxygens (including phenoxy) is 1. The van der Waals surface area contributed by atoms with Crippen molar-refractivity contribution < 1.29 is 19.4 Å². The van der Waals surface area contributed by atoms with Gasteiger partial charge in [0, 0.05) is 6.54 Å². The van der Waals surface area contributed by atoms with Crippen molar-refractivity contribution in [3.63, 3.8) is 0 Å². The lowest BCUT2D eigenvalue weighted by molar-refractivity contribution is -0.123. The Balaban J connectivity index is 2.54. The van der Waals surface area contributed by atoms with E-state index in [0.29, 0.717) is 6.54 Å². The number of hydrogen-bond donors (Lipinski definition) is 2. The second kappa shape index (κ2) is 5.35. The summed E-state index contributed by atoms with van der Waals surface area (Å²) in [5, 5.41) is 12.9. The maximum atomic E-state index is 11.0. The molecule has 6 heteroatoms. The van der Waals surface area contributed by atoms with Gasteiger partial charge >= 0.3 is 5.97 Å². The fourth-order valence-corrected chi connectivity index (χ4v) is 1.63. The lowest BCUT2D eigenvalue weighted by Crippen LogP contribution is -2.28. The SMILES string of the molecule is CCNC(=O)COc1ccsc1C(=O)O. The van der Waals surface area contributed by atoms with Crippen molar-refractivity contribution >= 4 is 23.2 Å². The van der Waals surface area contributed by atoms with Gasteiger partial charge in [0.2, 0.25) is 0 Å². The zero-order valence-electron chi connectivity index (χ0n) is 8.15. The topological polar surface area (TPSA) is 75.6 Å². The van der Waals surface area contributed by atoms with Crippen LogP contribution in [-0.2, 0) is 4.79 Å². The highest BCUT2D eigenvalue weighted by Crippen LogP contribution is 2.24. The molecule has 0 aliphatic carbocycles. The maximum Gasteiger partial charge on any atom is 0.349 e. The first-order chi connectivity index (χ1) is 7.15. The summed E-state index contributed by atoms with van der Waals surface area (Å²) in [7, 11) is 0. The Labute approximate surface area is 90.7 Å². The summed E-state index contributed by atoms with van der Waals surface area (Å²) < 4.78 is 5.07. The van der Waals surface area contributed by atoms with Crippen LogP contribution in [0.2, 0.25) is 0 Å². The average Bonchev–Trinajstić information content (AvgIpc) is 2.63. The molecule has 15 heavy (non-hydrogen) atoms. The van der Waals surface area contributed by atoms with Gasteiger partial charge in [-0.3, -0.25) is 4.79 Å². The third-order valence-corrected chi connectivity index (χ3v) is 2.44. The Morgan fingerprint density at radius 2 is 2.33 bits per heavy atom. The summed E-state index contributed by atoms with van der Waals surface area (Å²) in [5.74, 6) is -1.07. The van der Waals surface area contributed by atoms with Crippen LogP contribution in [0.5, 0.6) is 5.75 Å². The minimum Gasteiger partial charge on any atom is -0.482 e. The molecule has 1 amide bonds. The Kier molecular flexibility index (Phi) is 4.11. The first-order valence-corrected chi connectivity index (χ1v) is 5.23. The van der Waals surface area contributed by atoms with Gasteiger partial charge in [0.1, 0.15) is 5.75 Å². The molecule has 0 radical (unpaired) electrons. The van der Waals surface area contributed by atoms with Crippen LogP contribution >= 0.6 is 11.3 Å². The summed E-state index contributed by atoms with van der Waals surface area (Å²) in [6.07, 6.45) is 0. The molecule has 0 bridgehead atoms. The Morgan fingerprint density at radius 1 is 1.60 bits per heavy atom. The molecule has 0 fully saturated rings. The smallest absolute Gasteiger partial charge is 0.349 e. The Bertz CT molecular complexity index is 361. The van der Waals surface area contributed by atoms with Gasteiger partial charge in [-0.25, -0.2) is 4.79 Å². The quantitative estimate of drug-likeness (QED) is 0.788. The van der Waals surface area contributed by atoms with Crippen LogP contribution in [0.25, 0.3) is 0 Å². The zero-order chi connectivity index (χ0) is 11.3. The summed E-state index contributed by atoms with van der Waals surface area (Å²) in [6, 6.07) is 1.54. The number of thiophene rings is 1. The number of likely N-dealkylation sites (N-methyl/N-ethyl adjacent to an activating group) is 1. The zero-order valence-corrected chi connectivity index (χ0v) is 8.97. The lowest BCUT2D eigenvalue weighted by Gasteiger charge is -2.04. The Hall–Kier alpha value is -1.56. The van der Waals surface area contributed by atoms with E-state index in [4.69, 9.17) is 9.84 Å². The summed E-state index contributed by atoms with van der Waals surface area (Å²) >= 11 is 1.07. The van der Waals surface area contributed by atoms with Crippen molar-refractivity contribution in [1.29, 1.82) is 0 Å². The highest BCUT2D eigenvalue weighted by atomic mass is 32.1. The van der Waals surface area contributed by atoms with Gasteiger partial charge < -0.3 is 15.2 Å². The highest BCUT2D eigenvalue weighted by Gasteiger charge is 2.13. The minimum atomic E-state index is -1.05. The van der Waals surface area contributed by atoms with Crippen LogP contribution in [0.4, 0.5) is 0 Å². The lowest BCUT2D eigenvalue weighted by atomic mass is 10.4. The van der Waals surface area contributed by atoms with E-state index in [-0.39, 0.29) is 23.1 Å². The summed E-state index contributed by atoms with van der Waals surface area (Å²) in [6.45, 7) is 2.16. The normalized spacial score (nSPS) is 9.67. The molecule has 5 nitrogen and oxygen atoms in total. The monoisotopic (exact) mass is 229 g/mol. The molecule has 0 saturated heterocycles. The molecule has 0 spiro atoms. The van der Waals surface area contributed by atoms with Gasteiger partial charge in [0.15, 0.2) is 11.5 Å². The summed E-state index contributed by atoms with van der Waals surface area (Å²) in [5.41, 5.74) is 0. The number of rotatable bonds is 5. The van der Waals surface area contributed by atoms with Crippen molar-refractivity contribution in [1.82, 2.24) is 5.32 Å². The average molecular weight is 229 g/mol. The number of nitrogens with one attached hydrogen (secondary N) is 1. The second-order valence-corrected chi connectivity index (χ2v) is 3.58. The highest BCUT2D eigenvalue weighted by molar-refractivity contribution is 7.12. The molecule has 0 aliphatic rings. The molecule has 1 aromatic rings. The van der Waals surface area contributed by atoms with Crippen molar-refractivity contribution in [2.24, 2.45) is 0 Å². The third-order valence-electron chi connectivity index (χ3n) is 1.56. The first kappa shape index (κ1) is 11.5. The van der Waals surface area contributed by atoms with Gasteiger partial charge in [0.05, 0.1) is 0 Å². The van der Waals surface area contributed by atoms with Crippen LogP contribution < -0.4 is 10.1 Å². The van der Waals surface area contributed by atoms with Crippen molar-refractivity contribution in [2.75, 3.05) is 13.2 Å². The second-order valence-electron chi connectivity index (χ2n) is 2.66. The predicted octanol–water partition coefficient (Wildman–Crippen LogP) is 0.961. The van der Waals surface area contributed by atoms with E-state index < -0.39 is 5.97 Å². The molecule has 0 aliphatic heterocycles. The van der Waals surface area contributed by atoms with E-state index >= 15 is 0 Å². The van der Waals surface area contributed by atoms with Crippen LogP contribution in [-0.4, -0.2) is 30.1 Å². The fourth-order valence-electron chi connectivity index (χ4n) is 0.959. The van der Waals surface area contributed by atoms with Crippen molar-refractivity contribution in [2.45, 2.75) is 6.92 Å². The molecule has 0 saturated carbocycles. The van der Waals surface area contributed by atoms with Crippen LogP contribution in [0.3, 0.4) is 0 Å². The molecule has 1 heterocycles. The van der Waals surface area contributed by atoms with E-state index in [1.807, 2.05) is 0 Å². The van der Waals surface area contributed by atoms with Gasteiger partial charge in [-0.1, -0.05) is 0 Å². The van der Waals surface area contributed by atoms with Crippen molar-refractivity contribution in [3.05, 3.63) is 16.3 Å². The largest absolute Gasteiger partial charge is 0.482 e. The number of carboxylic acid groups (broad SMARTS) is 1. The predicted molar refractivity (Wildman–Crippen MR) is 55.5 cm³/mol. The first-order valence-electron chi connectivity index (χ1n) is 4.35. The number of aromatic carboxylic acids is 1. The van der Waals surface area contributed by atoms with Crippen LogP contribution in [0.15, 0.2) is 11.4 Å². The molecule has 0 aromatic carbocycles. The van der Waals surface area contributed by atoms with Gasteiger partial charge in [-0.05, 0) is 18.4 Å². The van der Waals surface area contributed by atoms with Crippen LogP contribution in [0, 0.1) is 0 Å². The molecule has 0 unspecified atom stereocenters. The minimum absolute atomic E-state index is 0.110. The van der Waals surface area contributed by atoms with E-state index in [1.165, 1.54) is 6.07 Å². The number of carbonyl (C=O) groups excluding carboxylic acids is 1. The van der Waals surface area contributed by atoms with Gasteiger partial charge in [-0.2, -0.15) is 0 Å². The van der Waals surface area contributed by atoms with E-state index in [0.717, 1.165) is 11.3 Å². The third kappa shape index (κ3) is 3.25. The van der Waals surface area contributed by atoms with Gasteiger partial charge in [-0.15, -0.1) is 11.3 Å². The molecule has 0 atom stereocenters. The number of carbonyl (C=O) groups is 2. The standard InChI is InChI=1S/C9H11NO4S/c1-2-10-7(11)5-14-6-3-4-15-8(6)9(12)13/h3-4H,2,5H2,1H3,(H,10,11)(H,12,13). The van der Waals surface area contributed by atoms with Crippen LogP contribution in [0.1, 0.15) is 16.6 Å². The number of carboxylic acids is 1. The van der Waals surface area contributed by atoms with E-state index in [1.54, 1.807) is 12.3 Å². The molecule has 1 rings (SSSR count). The van der Waals surface area contributed by atoms with E-state index in [9.17, 15) is 9.59 Å². The van der Waals surface area contributed by atoms with E-state index in [2.05, 4.69) is 5.32 Å². The number of hydrogen-bond acceptors (Lipinski definition) is 4. The fraction of sp³-hybridized carbons (Fsp3) is 0.333. The molecule has 1 aromatic heterocycles. The summed E-state index contributed by atoms with van der Waals surface area (Å²) in [4.78, 5) is 21.8. The van der Waals surface area contributed by atoms with Gasteiger partial charge in [0.25, 0.3) is 5.91 Å².